The number of hydrogen-bond acceptors (Lipinski definition) is 3. The van der Waals surface area contributed by atoms with Gasteiger partial charge in [-0.05, 0) is 43.7 Å². The van der Waals surface area contributed by atoms with Crippen LogP contribution in [-0.4, -0.2) is 35.5 Å². The lowest BCUT2D eigenvalue weighted by molar-refractivity contribution is -0.000754. The van der Waals surface area contributed by atoms with E-state index in [1.807, 2.05) is 30.3 Å². The van der Waals surface area contributed by atoms with E-state index in [1.165, 1.54) is 0 Å². The van der Waals surface area contributed by atoms with Crippen molar-refractivity contribution in [1.82, 2.24) is 0 Å². The van der Waals surface area contributed by atoms with E-state index in [1.54, 1.807) is 0 Å². The van der Waals surface area contributed by atoms with Crippen LogP contribution < -0.4 is 4.90 Å². The van der Waals surface area contributed by atoms with Crippen molar-refractivity contribution in [3.05, 3.63) is 30.3 Å². The summed E-state index contributed by atoms with van der Waals surface area (Å²) >= 11 is 0. The molecule has 0 amide bonds. The Morgan fingerprint density at radius 3 is 2.42 bits per heavy atom. The average Bonchev–Trinajstić information content (AvgIpc) is 2.43. The fourth-order valence-corrected chi connectivity index (χ4v) is 2.87. The van der Waals surface area contributed by atoms with Gasteiger partial charge in [-0.25, -0.2) is 0 Å². The number of rotatable bonds is 5. The van der Waals surface area contributed by atoms with Crippen LogP contribution in [0.15, 0.2) is 30.3 Å². The minimum absolute atomic E-state index is 0.112. The summed E-state index contributed by atoms with van der Waals surface area (Å²) in [5.41, 5.74) is 0.473. The number of aliphatic hydroxyl groups excluding tert-OH is 1. The summed E-state index contributed by atoms with van der Waals surface area (Å²) in [5.74, 6) is 0.725. The molecule has 0 spiro atoms. The third kappa shape index (κ3) is 3.95. The lowest BCUT2D eigenvalue weighted by Crippen LogP contribution is -2.46. The van der Waals surface area contributed by atoms with E-state index >= 15 is 0 Å². The summed E-state index contributed by atoms with van der Waals surface area (Å²) in [5, 5.41) is 20.0. The van der Waals surface area contributed by atoms with Crippen molar-refractivity contribution in [1.29, 1.82) is 0 Å². The van der Waals surface area contributed by atoms with Crippen LogP contribution in [0.3, 0.4) is 0 Å². The molecule has 3 heteroatoms. The van der Waals surface area contributed by atoms with Crippen LogP contribution in [0.1, 0.15) is 32.6 Å². The molecule has 2 rings (SSSR count). The van der Waals surface area contributed by atoms with Crippen LogP contribution in [0.5, 0.6) is 0 Å². The van der Waals surface area contributed by atoms with Gasteiger partial charge in [-0.2, -0.15) is 0 Å². The second-order valence-corrected chi connectivity index (χ2v) is 5.89. The highest BCUT2D eigenvalue weighted by molar-refractivity contribution is 5.46. The maximum absolute atomic E-state index is 10.7. The van der Waals surface area contributed by atoms with Crippen LogP contribution in [0, 0.1) is 5.92 Å². The van der Waals surface area contributed by atoms with Gasteiger partial charge in [-0.1, -0.05) is 25.1 Å². The molecule has 2 N–H and O–H groups in total. The molecular formula is C16H25NO2. The van der Waals surface area contributed by atoms with Gasteiger partial charge in [0.05, 0.1) is 12.2 Å². The van der Waals surface area contributed by atoms with E-state index in [9.17, 15) is 10.2 Å². The van der Waals surface area contributed by atoms with Gasteiger partial charge in [0.25, 0.3) is 0 Å². The molecule has 1 aliphatic carbocycles. The standard InChI is InChI=1S/C16H25NO2/c1-14-7-9-16(19,10-8-14)13-17(11-12-18)15-5-3-2-4-6-15/h2-6,14,18-19H,7-13H2,1H3. The van der Waals surface area contributed by atoms with Crippen molar-refractivity contribution < 1.29 is 10.2 Å². The van der Waals surface area contributed by atoms with E-state index < -0.39 is 5.60 Å². The maximum Gasteiger partial charge on any atom is 0.0822 e. The minimum Gasteiger partial charge on any atom is -0.395 e. The molecule has 1 saturated carbocycles. The molecule has 0 aromatic heterocycles. The maximum atomic E-state index is 10.7. The van der Waals surface area contributed by atoms with Crippen molar-refractivity contribution >= 4 is 5.69 Å². The SMILES string of the molecule is CC1CCC(O)(CN(CCO)c2ccccc2)CC1. The second-order valence-electron chi connectivity index (χ2n) is 5.89. The highest BCUT2D eigenvalue weighted by Crippen LogP contribution is 2.33. The Balaban J connectivity index is 2.04. The van der Waals surface area contributed by atoms with E-state index in [0.29, 0.717) is 13.1 Å². The summed E-state index contributed by atoms with van der Waals surface area (Å²) in [7, 11) is 0. The van der Waals surface area contributed by atoms with Gasteiger partial charge in [0.2, 0.25) is 0 Å². The van der Waals surface area contributed by atoms with Crippen molar-refractivity contribution in [2.75, 3.05) is 24.6 Å². The van der Waals surface area contributed by atoms with Crippen molar-refractivity contribution in [3.63, 3.8) is 0 Å². The molecule has 0 bridgehead atoms. The predicted octanol–water partition coefficient (Wildman–Crippen LogP) is 2.43. The summed E-state index contributed by atoms with van der Waals surface area (Å²) in [6.45, 7) is 3.55. The molecule has 0 unspecified atom stereocenters. The highest BCUT2D eigenvalue weighted by atomic mass is 16.3. The first-order valence-electron chi connectivity index (χ1n) is 7.26. The first-order valence-corrected chi connectivity index (χ1v) is 7.26. The van der Waals surface area contributed by atoms with Crippen molar-refractivity contribution in [3.8, 4) is 0 Å². The lowest BCUT2D eigenvalue weighted by Gasteiger charge is -2.39. The van der Waals surface area contributed by atoms with Crippen LogP contribution in [-0.2, 0) is 0 Å². The number of para-hydroxylation sites is 1. The highest BCUT2D eigenvalue weighted by Gasteiger charge is 2.33. The fraction of sp³-hybridized carbons (Fsp3) is 0.625. The number of hydrogen-bond donors (Lipinski definition) is 2. The van der Waals surface area contributed by atoms with Crippen LogP contribution >= 0.6 is 0 Å². The van der Waals surface area contributed by atoms with Crippen LogP contribution in [0.4, 0.5) is 5.69 Å². The number of nitrogens with zero attached hydrogens (tertiary/aromatic N) is 1. The van der Waals surface area contributed by atoms with E-state index in [4.69, 9.17) is 0 Å². The monoisotopic (exact) mass is 263 g/mol. The van der Waals surface area contributed by atoms with Gasteiger partial charge in [-0.15, -0.1) is 0 Å². The Morgan fingerprint density at radius 1 is 1.21 bits per heavy atom. The first kappa shape index (κ1) is 14.4. The molecular weight excluding hydrogens is 238 g/mol. The van der Waals surface area contributed by atoms with Gasteiger partial charge in [-0.3, -0.25) is 0 Å². The van der Waals surface area contributed by atoms with Crippen molar-refractivity contribution in [2.45, 2.75) is 38.2 Å². The Morgan fingerprint density at radius 2 is 1.84 bits per heavy atom. The Kier molecular flexibility index (Phi) is 4.83. The summed E-state index contributed by atoms with van der Waals surface area (Å²) < 4.78 is 0. The predicted molar refractivity (Wildman–Crippen MR) is 78.3 cm³/mol. The molecule has 0 saturated heterocycles. The molecule has 0 atom stereocenters. The summed E-state index contributed by atoms with van der Waals surface area (Å²) in [4.78, 5) is 2.09. The van der Waals surface area contributed by atoms with Gasteiger partial charge in [0.1, 0.15) is 0 Å². The van der Waals surface area contributed by atoms with Gasteiger partial charge < -0.3 is 15.1 Å². The largest absolute Gasteiger partial charge is 0.395 e. The average molecular weight is 263 g/mol. The molecule has 1 fully saturated rings. The molecule has 0 heterocycles. The van der Waals surface area contributed by atoms with Crippen molar-refractivity contribution in [2.24, 2.45) is 5.92 Å². The van der Waals surface area contributed by atoms with Gasteiger partial charge in [0, 0.05) is 18.8 Å². The van der Waals surface area contributed by atoms with Gasteiger partial charge in [0.15, 0.2) is 0 Å². The summed E-state index contributed by atoms with van der Waals surface area (Å²) in [6, 6.07) is 10.0. The smallest absolute Gasteiger partial charge is 0.0822 e. The topological polar surface area (TPSA) is 43.7 Å². The minimum atomic E-state index is -0.600. The van der Waals surface area contributed by atoms with E-state index in [-0.39, 0.29) is 6.61 Å². The van der Waals surface area contributed by atoms with E-state index in [0.717, 1.165) is 37.3 Å². The van der Waals surface area contributed by atoms with Crippen LogP contribution in [0.25, 0.3) is 0 Å². The Labute approximate surface area is 115 Å². The molecule has 0 radical (unpaired) electrons. The molecule has 19 heavy (non-hydrogen) atoms. The zero-order valence-electron chi connectivity index (χ0n) is 11.8. The normalized spacial score (nSPS) is 27.2. The number of benzene rings is 1. The zero-order valence-corrected chi connectivity index (χ0v) is 11.8. The third-order valence-electron chi connectivity index (χ3n) is 4.18. The molecule has 1 aliphatic rings. The quantitative estimate of drug-likeness (QED) is 0.857. The number of aliphatic hydroxyl groups is 2. The zero-order chi connectivity index (χ0) is 13.7. The molecule has 1 aromatic carbocycles. The Hall–Kier alpha value is -1.06. The lowest BCUT2D eigenvalue weighted by atomic mass is 9.79. The summed E-state index contributed by atoms with van der Waals surface area (Å²) in [6.07, 6.45) is 3.92. The molecule has 0 aliphatic heterocycles. The third-order valence-corrected chi connectivity index (χ3v) is 4.18. The first-order chi connectivity index (χ1) is 9.13. The fourth-order valence-electron chi connectivity index (χ4n) is 2.87. The van der Waals surface area contributed by atoms with Crippen LogP contribution in [0.2, 0.25) is 0 Å². The number of anilines is 1. The van der Waals surface area contributed by atoms with Gasteiger partial charge >= 0.3 is 0 Å². The Bertz CT molecular complexity index is 372. The molecule has 3 nitrogen and oxygen atoms in total. The van der Waals surface area contributed by atoms with E-state index in [2.05, 4.69) is 11.8 Å². The molecule has 1 aromatic rings. The second kappa shape index (κ2) is 6.40. The molecule has 106 valence electrons.